The number of hydrogen-bond donors (Lipinski definition) is 0. The molecule has 0 N–H and O–H groups in total. The highest BCUT2D eigenvalue weighted by atomic mass is 79.9. The van der Waals surface area contributed by atoms with Crippen molar-refractivity contribution in [1.29, 1.82) is 0 Å². The van der Waals surface area contributed by atoms with Crippen molar-refractivity contribution in [3.05, 3.63) is 125 Å². The summed E-state index contributed by atoms with van der Waals surface area (Å²) in [6, 6.07) is 21.2. The molecule has 45 heavy (non-hydrogen) atoms. The zero-order chi connectivity index (χ0) is 31.7. The van der Waals surface area contributed by atoms with Crippen molar-refractivity contribution in [3.63, 3.8) is 0 Å². The van der Waals surface area contributed by atoms with Gasteiger partial charge < -0.3 is 18.8 Å². The van der Waals surface area contributed by atoms with Gasteiger partial charge in [-0.15, -0.1) is 0 Å². The SMILES string of the molecule is CCOc1ccc([C@H]2C(C(=O)OC)=CN=c3s/c(=C\c4c(C)n(Cc5ccc(Br)cc5)c5ccccc45)c(=O)n32)cc1OCC. The number of nitrogens with zero attached hydrogens (tertiary/aromatic N) is 3. The van der Waals surface area contributed by atoms with Crippen LogP contribution in [0.3, 0.4) is 0 Å². The molecule has 5 aromatic rings. The van der Waals surface area contributed by atoms with Crippen LogP contribution in [0.4, 0.5) is 0 Å². The maximum absolute atomic E-state index is 14.3. The third-order valence-electron chi connectivity index (χ3n) is 7.82. The number of fused-ring (bicyclic) bond motifs is 2. The van der Waals surface area contributed by atoms with Crippen LogP contribution in [0, 0.1) is 6.92 Å². The van der Waals surface area contributed by atoms with E-state index in [0.29, 0.717) is 46.2 Å². The Hall–Kier alpha value is -4.41. The van der Waals surface area contributed by atoms with Crippen molar-refractivity contribution in [2.75, 3.05) is 20.3 Å². The molecule has 0 bridgehead atoms. The number of benzene rings is 3. The van der Waals surface area contributed by atoms with E-state index in [2.05, 4.69) is 56.7 Å². The minimum atomic E-state index is -0.759. The second-order valence-corrected chi connectivity index (χ2v) is 12.4. The zero-order valence-electron chi connectivity index (χ0n) is 25.4. The molecule has 0 spiro atoms. The Labute approximate surface area is 272 Å². The van der Waals surface area contributed by atoms with Crippen LogP contribution in [-0.2, 0) is 16.1 Å². The first kappa shape index (κ1) is 30.6. The lowest BCUT2D eigenvalue weighted by Crippen LogP contribution is -2.39. The fourth-order valence-corrected chi connectivity index (χ4v) is 6.95. The van der Waals surface area contributed by atoms with Crippen molar-refractivity contribution in [3.8, 4) is 11.5 Å². The van der Waals surface area contributed by atoms with E-state index in [1.165, 1.54) is 30.2 Å². The average molecular weight is 687 g/mol. The summed E-state index contributed by atoms with van der Waals surface area (Å²) in [6.07, 6.45) is 3.44. The van der Waals surface area contributed by atoms with Gasteiger partial charge in [0.1, 0.15) is 0 Å². The number of para-hydroxylation sites is 1. The molecule has 3 heterocycles. The van der Waals surface area contributed by atoms with E-state index in [1.807, 2.05) is 56.3 Å². The number of thiazole rings is 1. The number of methoxy groups -OCH3 is 1. The number of aromatic nitrogens is 2. The molecule has 10 heteroatoms. The molecule has 1 atom stereocenters. The van der Waals surface area contributed by atoms with Crippen molar-refractivity contribution < 1.29 is 19.0 Å². The Bertz CT molecular complexity index is 2130. The predicted octanol–water partition coefficient (Wildman–Crippen LogP) is 5.89. The minimum Gasteiger partial charge on any atom is -0.490 e. The quantitative estimate of drug-likeness (QED) is 0.181. The molecule has 2 aromatic heterocycles. The van der Waals surface area contributed by atoms with E-state index < -0.39 is 12.0 Å². The van der Waals surface area contributed by atoms with Crippen LogP contribution in [-0.4, -0.2) is 35.4 Å². The summed E-state index contributed by atoms with van der Waals surface area (Å²) < 4.78 is 22.1. The smallest absolute Gasteiger partial charge is 0.337 e. The maximum atomic E-state index is 14.3. The van der Waals surface area contributed by atoms with E-state index in [4.69, 9.17) is 14.2 Å². The van der Waals surface area contributed by atoms with E-state index in [-0.39, 0.29) is 11.1 Å². The van der Waals surface area contributed by atoms with E-state index >= 15 is 0 Å². The number of halogens is 1. The van der Waals surface area contributed by atoms with Gasteiger partial charge in [0.15, 0.2) is 16.3 Å². The molecule has 0 saturated carbocycles. The van der Waals surface area contributed by atoms with Gasteiger partial charge in [-0.05, 0) is 68.3 Å². The first-order valence-corrected chi connectivity index (χ1v) is 16.3. The second kappa shape index (κ2) is 12.9. The lowest BCUT2D eigenvalue weighted by Gasteiger charge is -2.23. The summed E-state index contributed by atoms with van der Waals surface area (Å²) in [5.41, 5.74) is 4.97. The Morgan fingerprint density at radius 3 is 2.49 bits per heavy atom. The largest absolute Gasteiger partial charge is 0.490 e. The Balaban J connectivity index is 1.51. The number of ether oxygens (including phenoxy) is 3. The first-order valence-electron chi connectivity index (χ1n) is 14.7. The van der Waals surface area contributed by atoms with E-state index in [9.17, 15) is 9.59 Å². The monoisotopic (exact) mass is 685 g/mol. The molecule has 0 amide bonds. The third kappa shape index (κ3) is 5.76. The molecular weight excluding hydrogens is 654 g/mol. The van der Waals surface area contributed by atoms with Crippen LogP contribution in [0.25, 0.3) is 17.0 Å². The third-order valence-corrected chi connectivity index (χ3v) is 9.34. The van der Waals surface area contributed by atoms with Crippen LogP contribution in [0.5, 0.6) is 11.5 Å². The second-order valence-electron chi connectivity index (χ2n) is 10.5. The van der Waals surface area contributed by atoms with E-state index in [0.717, 1.165) is 26.6 Å². The average Bonchev–Trinajstić information content (AvgIpc) is 3.51. The molecule has 0 aliphatic carbocycles. The molecule has 8 nitrogen and oxygen atoms in total. The van der Waals surface area contributed by atoms with E-state index in [1.54, 1.807) is 10.6 Å². The van der Waals surface area contributed by atoms with Gasteiger partial charge in [-0.1, -0.05) is 63.7 Å². The van der Waals surface area contributed by atoms with Gasteiger partial charge >= 0.3 is 5.97 Å². The van der Waals surface area contributed by atoms with Gasteiger partial charge in [0.25, 0.3) is 5.56 Å². The molecule has 3 aromatic carbocycles. The van der Waals surface area contributed by atoms with Crippen LogP contribution in [0.1, 0.15) is 42.3 Å². The minimum absolute atomic E-state index is 0.241. The summed E-state index contributed by atoms with van der Waals surface area (Å²) in [5, 5.41) is 1.05. The number of hydrogen-bond acceptors (Lipinski definition) is 7. The molecule has 6 rings (SSSR count). The zero-order valence-corrected chi connectivity index (χ0v) is 27.8. The Morgan fingerprint density at radius 2 is 1.76 bits per heavy atom. The molecule has 1 aliphatic heterocycles. The van der Waals surface area contributed by atoms with Crippen LogP contribution >= 0.6 is 27.3 Å². The highest BCUT2D eigenvalue weighted by molar-refractivity contribution is 9.10. The summed E-state index contributed by atoms with van der Waals surface area (Å²) in [6.45, 7) is 7.47. The summed E-state index contributed by atoms with van der Waals surface area (Å²) in [5.74, 6) is 0.570. The van der Waals surface area contributed by atoms with Gasteiger partial charge in [-0.3, -0.25) is 9.36 Å². The van der Waals surface area contributed by atoms with Crippen molar-refractivity contribution >= 4 is 50.2 Å². The molecule has 0 radical (unpaired) electrons. The maximum Gasteiger partial charge on any atom is 0.337 e. The number of esters is 1. The van der Waals surface area contributed by atoms with Gasteiger partial charge in [0, 0.05) is 39.4 Å². The molecule has 0 saturated heterocycles. The van der Waals surface area contributed by atoms with Gasteiger partial charge in [-0.25, -0.2) is 9.79 Å². The topological polar surface area (TPSA) is 84.0 Å². The summed E-state index contributed by atoms with van der Waals surface area (Å²) in [7, 11) is 1.32. The first-order chi connectivity index (χ1) is 21.8. The summed E-state index contributed by atoms with van der Waals surface area (Å²) in [4.78, 5) is 32.3. The predicted molar refractivity (Wildman–Crippen MR) is 180 cm³/mol. The highest BCUT2D eigenvalue weighted by Crippen LogP contribution is 2.35. The molecule has 230 valence electrons. The van der Waals surface area contributed by atoms with Gasteiger partial charge in [-0.2, -0.15) is 0 Å². The Kier molecular flexibility index (Phi) is 8.78. The standard InChI is InChI=1S/C35H32BrN3O5S/c1-5-43-29-16-13-23(17-30(29)44-6-2)32-27(34(41)42-4)19-37-35-39(32)33(40)31(45-35)18-26-21(3)38(28-10-8-7-9-25(26)28)20-22-11-14-24(36)15-12-22/h7-19,32H,5-6,20H2,1-4H3/b31-18-/t32-/m0/s1. The van der Waals surface area contributed by atoms with Crippen LogP contribution in [0.2, 0.25) is 0 Å². The van der Waals surface area contributed by atoms with Crippen molar-refractivity contribution in [1.82, 2.24) is 9.13 Å². The lowest BCUT2D eigenvalue weighted by molar-refractivity contribution is -0.136. The van der Waals surface area contributed by atoms with Crippen LogP contribution in [0.15, 0.2) is 92.8 Å². The molecular formula is C35H32BrN3O5S. The number of carbonyl (C=O) groups is 1. The molecule has 0 fully saturated rings. The lowest BCUT2D eigenvalue weighted by atomic mass is 9.97. The fourth-order valence-electron chi connectivity index (χ4n) is 5.73. The summed E-state index contributed by atoms with van der Waals surface area (Å²) >= 11 is 4.82. The van der Waals surface area contributed by atoms with Crippen LogP contribution < -0.4 is 24.4 Å². The van der Waals surface area contributed by atoms with Crippen molar-refractivity contribution in [2.24, 2.45) is 4.99 Å². The normalized spacial score (nSPS) is 14.6. The highest BCUT2D eigenvalue weighted by Gasteiger charge is 2.31. The Morgan fingerprint density at radius 1 is 1.02 bits per heavy atom. The van der Waals surface area contributed by atoms with Gasteiger partial charge in [0.05, 0.1) is 36.5 Å². The number of rotatable bonds is 9. The number of carbonyl (C=O) groups excluding carboxylic acids is 1. The molecule has 0 unspecified atom stereocenters. The van der Waals surface area contributed by atoms with Crippen molar-refractivity contribution in [2.45, 2.75) is 33.4 Å². The molecule has 1 aliphatic rings. The fraction of sp³-hybridized carbons (Fsp3) is 0.229. The van der Waals surface area contributed by atoms with Gasteiger partial charge in [0.2, 0.25) is 0 Å².